The Morgan fingerprint density at radius 2 is 1.45 bits per heavy atom. The van der Waals surface area contributed by atoms with Gasteiger partial charge in [0.1, 0.15) is 29.3 Å². The van der Waals surface area contributed by atoms with E-state index in [1.165, 1.54) is 6.42 Å². The van der Waals surface area contributed by atoms with Crippen LogP contribution in [-0.4, -0.2) is 123 Å². The summed E-state index contributed by atoms with van der Waals surface area (Å²) in [5, 5.41) is 12.3. The predicted octanol–water partition coefficient (Wildman–Crippen LogP) is 5.60. The maximum Gasteiger partial charge on any atom is 0.410 e. The van der Waals surface area contributed by atoms with Gasteiger partial charge < -0.3 is 45.2 Å². The van der Waals surface area contributed by atoms with Crippen LogP contribution >= 0.6 is 0 Å². The lowest BCUT2D eigenvalue weighted by Gasteiger charge is -2.37. The zero-order valence-electron chi connectivity index (χ0n) is 32.9. The van der Waals surface area contributed by atoms with Crippen molar-refractivity contribution >= 4 is 41.6 Å². The lowest BCUT2D eigenvalue weighted by atomic mass is 9.81. The minimum Gasteiger partial charge on any atom is -0.481 e. The zero-order valence-corrected chi connectivity index (χ0v) is 32.9. The van der Waals surface area contributed by atoms with Crippen LogP contribution in [-0.2, 0) is 19.1 Å². The summed E-state index contributed by atoms with van der Waals surface area (Å²) in [6.07, 6.45) is 8.89. The van der Waals surface area contributed by atoms with Gasteiger partial charge in [0.2, 0.25) is 11.9 Å². The number of carbonyl (C=O) groups is 4. The highest BCUT2D eigenvalue weighted by molar-refractivity contribution is 5.93. The maximum atomic E-state index is 13.4. The number of rotatable bonds is 13. The summed E-state index contributed by atoms with van der Waals surface area (Å²) in [6.45, 7) is 15.6. The zero-order chi connectivity index (χ0) is 38.8. The van der Waals surface area contributed by atoms with Gasteiger partial charge in [-0.2, -0.15) is 9.97 Å². The van der Waals surface area contributed by atoms with Gasteiger partial charge in [-0.3, -0.25) is 9.59 Å². The van der Waals surface area contributed by atoms with E-state index in [1.807, 2.05) is 56.2 Å². The molecule has 15 heteroatoms. The average Bonchev–Trinajstić information content (AvgIpc) is 3.07. The first-order valence-electron chi connectivity index (χ1n) is 19.6. The molecule has 53 heavy (non-hydrogen) atoms. The Morgan fingerprint density at radius 1 is 0.849 bits per heavy atom. The lowest BCUT2D eigenvalue weighted by molar-refractivity contribution is -0.144. The third-order valence-electron chi connectivity index (χ3n) is 10.1. The fraction of sp³-hybridized carbons (Fsp3) is 0.789. The molecule has 1 aromatic rings. The molecule has 0 spiro atoms. The van der Waals surface area contributed by atoms with Crippen LogP contribution in [0.15, 0.2) is 6.07 Å². The van der Waals surface area contributed by atoms with Gasteiger partial charge in [0.15, 0.2) is 0 Å². The number of nitrogen functional groups attached to an aromatic ring is 1. The summed E-state index contributed by atoms with van der Waals surface area (Å²) in [4.78, 5) is 66.2. The number of nitrogens with one attached hydrogen (secondary N) is 1. The Balaban J connectivity index is 1.28. The molecule has 0 unspecified atom stereocenters. The van der Waals surface area contributed by atoms with Crippen LogP contribution in [0.5, 0.6) is 0 Å². The SMILES string of the molecule is CC(C)(C)OC(=O)N(CCCN(C(=O)OC(C)(C)C)C1CCCCC1)CC1CCC(CNc2nc(N)cc(N3CCN(C(=O)CC(=O)O)CC3)n2)CC1. The maximum absolute atomic E-state index is 13.4. The Labute approximate surface area is 315 Å². The lowest BCUT2D eigenvalue weighted by Crippen LogP contribution is -2.49. The van der Waals surface area contributed by atoms with Crippen molar-refractivity contribution in [2.45, 2.75) is 129 Å². The number of piperazine rings is 1. The van der Waals surface area contributed by atoms with Crippen LogP contribution in [0.25, 0.3) is 0 Å². The summed E-state index contributed by atoms with van der Waals surface area (Å²) in [7, 11) is 0. The molecule has 0 radical (unpaired) electrons. The van der Waals surface area contributed by atoms with E-state index in [0.29, 0.717) is 88.2 Å². The molecular formula is C38H64N8O7. The Bertz CT molecular complexity index is 1380. The second kappa shape index (κ2) is 18.8. The summed E-state index contributed by atoms with van der Waals surface area (Å²) in [6, 6.07) is 1.88. The van der Waals surface area contributed by atoms with E-state index in [2.05, 4.69) is 10.3 Å². The minimum atomic E-state index is -1.13. The summed E-state index contributed by atoms with van der Waals surface area (Å²) in [5.74, 6) is 0.719. The van der Waals surface area contributed by atoms with Crippen LogP contribution < -0.4 is 16.0 Å². The van der Waals surface area contributed by atoms with Crippen molar-refractivity contribution in [3.05, 3.63) is 6.07 Å². The molecule has 1 saturated heterocycles. The molecule has 2 aliphatic carbocycles. The fourth-order valence-electron chi connectivity index (χ4n) is 7.44. The quantitative estimate of drug-likeness (QED) is 0.213. The number of aliphatic carboxylic acids is 1. The first-order valence-corrected chi connectivity index (χ1v) is 19.6. The summed E-state index contributed by atoms with van der Waals surface area (Å²) < 4.78 is 11.6. The third-order valence-corrected chi connectivity index (χ3v) is 10.1. The average molecular weight is 745 g/mol. The number of ether oxygens (including phenoxy) is 2. The molecule has 4 N–H and O–H groups in total. The molecule has 15 nitrogen and oxygen atoms in total. The fourth-order valence-corrected chi connectivity index (χ4v) is 7.44. The summed E-state index contributed by atoms with van der Waals surface area (Å²) in [5.41, 5.74) is 4.96. The van der Waals surface area contributed by atoms with Gasteiger partial charge in [0.05, 0.1) is 0 Å². The molecule has 2 heterocycles. The number of hydrogen-bond acceptors (Lipinski definition) is 11. The highest BCUT2D eigenvalue weighted by atomic mass is 16.6. The molecule has 1 aromatic heterocycles. The predicted molar refractivity (Wildman–Crippen MR) is 204 cm³/mol. The first-order chi connectivity index (χ1) is 25.0. The van der Waals surface area contributed by atoms with Gasteiger partial charge in [-0.05, 0) is 98.3 Å². The molecule has 3 fully saturated rings. The molecule has 1 aliphatic heterocycles. The number of carboxylic acids is 1. The van der Waals surface area contributed by atoms with E-state index in [9.17, 15) is 19.2 Å². The van der Waals surface area contributed by atoms with Crippen molar-refractivity contribution in [3.8, 4) is 0 Å². The number of nitrogens with two attached hydrogens (primary N) is 1. The smallest absolute Gasteiger partial charge is 0.410 e. The van der Waals surface area contributed by atoms with Crippen LogP contribution in [0.1, 0.15) is 112 Å². The molecule has 298 valence electrons. The number of anilines is 3. The molecule has 4 rings (SSSR count). The van der Waals surface area contributed by atoms with Crippen LogP contribution in [0.4, 0.5) is 27.2 Å². The van der Waals surface area contributed by atoms with Crippen molar-refractivity contribution in [3.63, 3.8) is 0 Å². The van der Waals surface area contributed by atoms with Gasteiger partial charge in [-0.25, -0.2) is 9.59 Å². The topological polar surface area (TPSA) is 184 Å². The Morgan fingerprint density at radius 3 is 2.06 bits per heavy atom. The molecule has 2 saturated carbocycles. The van der Waals surface area contributed by atoms with Crippen molar-refractivity contribution < 1.29 is 33.8 Å². The highest BCUT2D eigenvalue weighted by Crippen LogP contribution is 2.31. The van der Waals surface area contributed by atoms with E-state index in [0.717, 1.165) is 51.4 Å². The Hall–Kier alpha value is -4.04. The third kappa shape index (κ3) is 14.0. The second-order valence-corrected chi connectivity index (χ2v) is 16.9. The normalized spacial score (nSPS) is 20.0. The number of hydrogen-bond donors (Lipinski definition) is 3. The highest BCUT2D eigenvalue weighted by Gasteiger charge is 2.32. The van der Waals surface area contributed by atoms with Crippen LogP contribution in [0, 0.1) is 11.8 Å². The molecule has 3 aliphatic rings. The molecule has 0 bridgehead atoms. The van der Waals surface area contributed by atoms with Gasteiger partial charge >= 0.3 is 18.2 Å². The van der Waals surface area contributed by atoms with Crippen molar-refractivity contribution in [2.75, 3.05) is 68.3 Å². The molecule has 0 atom stereocenters. The van der Waals surface area contributed by atoms with Crippen molar-refractivity contribution in [2.24, 2.45) is 11.8 Å². The van der Waals surface area contributed by atoms with E-state index in [-0.39, 0.29) is 24.1 Å². The number of nitrogens with zero attached hydrogens (tertiary/aromatic N) is 6. The number of amides is 3. The monoisotopic (exact) mass is 744 g/mol. The number of carboxylic acid groups (broad SMARTS) is 1. The van der Waals surface area contributed by atoms with E-state index < -0.39 is 23.6 Å². The molecule has 3 amide bonds. The van der Waals surface area contributed by atoms with Crippen molar-refractivity contribution in [1.29, 1.82) is 0 Å². The molecule has 0 aromatic carbocycles. The molecular weight excluding hydrogens is 680 g/mol. The Kier molecular flexibility index (Phi) is 14.8. The van der Waals surface area contributed by atoms with E-state index in [4.69, 9.17) is 25.3 Å². The van der Waals surface area contributed by atoms with Gasteiger partial charge in [0, 0.05) is 64.5 Å². The minimum absolute atomic E-state index is 0.168. The van der Waals surface area contributed by atoms with Crippen LogP contribution in [0.3, 0.4) is 0 Å². The standard InChI is InChI=1S/C38H64N8O7/c1-37(2,3)52-35(50)45(17-10-18-46(29-11-8-7-9-12-29)36(51)53-38(4,5)6)26-28-15-13-27(14-16-28)25-40-34-41-30(39)23-31(42-34)43-19-21-44(22-20-43)32(47)24-33(48)49/h23,27-29H,7-22,24-26H2,1-6H3,(H,48,49)(H3,39,40,41,42). The number of carbonyl (C=O) groups excluding carboxylic acids is 3. The van der Waals surface area contributed by atoms with Gasteiger partial charge in [-0.1, -0.05) is 19.3 Å². The first kappa shape index (κ1) is 41.7. The van der Waals surface area contributed by atoms with E-state index >= 15 is 0 Å². The van der Waals surface area contributed by atoms with Gasteiger partial charge in [-0.15, -0.1) is 0 Å². The summed E-state index contributed by atoms with van der Waals surface area (Å²) >= 11 is 0. The number of aromatic nitrogens is 2. The van der Waals surface area contributed by atoms with Gasteiger partial charge in [0.25, 0.3) is 0 Å². The van der Waals surface area contributed by atoms with Crippen molar-refractivity contribution in [1.82, 2.24) is 24.7 Å². The van der Waals surface area contributed by atoms with E-state index in [1.54, 1.807) is 11.0 Å². The second-order valence-electron chi connectivity index (χ2n) is 16.9. The largest absolute Gasteiger partial charge is 0.481 e. The van der Waals surface area contributed by atoms with Crippen LogP contribution in [0.2, 0.25) is 0 Å².